The van der Waals surface area contributed by atoms with Crippen LogP contribution in [0.2, 0.25) is 0 Å². The fourth-order valence-electron chi connectivity index (χ4n) is 1.24. The predicted molar refractivity (Wildman–Crippen MR) is 46.2 cm³/mol. The molecular formula is C8H11F3N2O3. The van der Waals surface area contributed by atoms with Gasteiger partial charge in [-0.2, -0.15) is 0 Å². The van der Waals surface area contributed by atoms with Gasteiger partial charge in [0, 0.05) is 19.5 Å². The molecule has 2 amide bonds. The highest BCUT2D eigenvalue weighted by molar-refractivity contribution is 5.87. The Morgan fingerprint density at radius 1 is 1.38 bits per heavy atom. The van der Waals surface area contributed by atoms with Gasteiger partial charge in [0.2, 0.25) is 11.8 Å². The van der Waals surface area contributed by atoms with E-state index < -0.39 is 18.9 Å². The minimum atomic E-state index is -4.69. The zero-order chi connectivity index (χ0) is 12.2. The van der Waals surface area contributed by atoms with Gasteiger partial charge in [-0.3, -0.25) is 14.3 Å². The van der Waals surface area contributed by atoms with Crippen molar-refractivity contribution in [1.82, 2.24) is 10.2 Å². The number of hydrogen-bond acceptors (Lipinski definition) is 3. The van der Waals surface area contributed by atoms with E-state index in [0.29, 0.717) is 0 Å². The van der Waals surface area contributed by atoms with E-state index >= 15 is 0 Å². The zero-order valence-electron chi connectivity index (χ0n) is 8.34. The molecule has 0 bridgehead atoms. The van der Waals surface area contributed by atoms with Crippen LogP contribution >= 0.6 is 0 Å². The maximum atomic E-state index is 11.7. The van der Waals surface area contributed by atoms with Crippen LogP contribution in [0, 0.1) is 0 Å². The topological polar surface area (TPSA) is 58.6 Å². The molecule has 1 rings (SSSR count). The fourth-order valence-corrected chi connectivity index (χ4v) is 1.24. The maximum Gasteiger partial charge on any atom is 0.522 e. The van der Waals surface area contributed by atoms with Gasteiger partial charge >= 0.3 is 6.36 Å². The van der Waals surface area contributed by atoms with Crippen LogP contribution in [0.1, 0.15) is 6.42 Å². The molecule has 0 atom stereocenters. The molecule has 0 aliphatic carbocycles. The molecule has 0 aromatic carbocycles. The van der Waals surface area contributed by atoms with Crippen molar-refractivity contribution in [2.45, 2.75) is 12.8 Å². The van der Waals surface area contributed by atoms with Crippen LogP contribution in [0.3, 0.4) is 0 Å². The van der Waals surface area contributed by atoms with Crippen LogP contribution in [0.4, 0.5) is 13.2 Å². The first-order chi connectivity index (χ1) is 7.38. The number of hydrogen-bond donors (Lipinski definition) is 1. The van der Waals surface area contributed by atoms with Crippen LogP contribution in [0.5, 0.6) is 0 Å². The SMILES string of the molecule is O=C1CCN(CCOC(F)(F)F)C(=O)CN1. The molecule has 1 saturated heterocycles. The largest absolute Gasteiger partial charge is 0.522 e. The minimum absolute atomic E-state index is 0.0950. The van der Waals surface area contributed by atoms with Gasteiger partial charge < -0.3 is 10.2 Å². The summed E-state index contributed by atoms with van der Waals surface area (Å²) in [6.07, 6.45) is -4.60. The summed E-state index contributed by atoms with van der Waals surface area (Å²) >= 11 is 0. The smallest absolute Gasteiger partial charge is 0.347 e. The van der Waals surface area contributed by atoms with Crippen LogP contribution in [-0.2, 0) is 14.3 Å². The van der Waals surface area contributed by atoms with Crippen molar-refractivity contribution in [1.29, 1.82) is 0 Å². The third kappa shape index (κ3) is 4.47. The molecule has 8 heteroatoms. The van der Waals surface area contributed by atoms with Crippen molar-refractivity contribution in [3.63, 3.8) is 0 Å². The molecule has 1 fully saturated rings. The number of amides is 2. The average Bonchev–Trinajstić information content (AvgIpc) is 2.30. The quantitative estimate of drug-likeness (QED) is 0.747. The second-order valence-electron chi connectivity index (χ2n) is 3.20. The van der Waals surface area contributed by atoms with Crippen molar-refractivity contribution in [3.8, 4) is 0 Å². The molecule has 1 aliphatic rings. The number of carbonyl (C=O) groups excluding carboxylic acids is 2. The van der Waals surface area contributed by atoms with E-state index in [1.165, 1.54) is 4.90 Å². The molecule has 0 spiro atoms. The van der Waals surface area contributed by atoms with E-state index in [0.717, 1.165) is 0 Å². The summed E-state index contributed by atoms with van der Waals surface area (Å²) in [5.74, 6) is -0.691. The molecule has 0 aromatic rings. The summed E-state index contributed by atoms with van der Waals surface area (Å²) < 4.78 is 38.5. The molecule has 0 saturated carbocycles. The maximum absolute atomic E-state index is 11.7. The van der Waals surface area contributed by atoms with Crippen molar-refractivity contribution in [3.05, 3.63) is 0 Å². The standard InChI is InChI=1S/C8H11F3N2O3/c9-8(10,11)16-4-3-13-2-1-6(14)12-5-7(13)15/h1-5H2,(H,12,14). The Hall–Kier alpha value is -1.31. The second kappa shape index (κ2) is 5.15. The molecule has 0 unspecified atom stereocenters. The Balaban J connectivity index is 2.35. The van der Waals surface area contributed by atoms with E-state index in [1.54, 1.807) is 0 Å². The zero-order valence-corrected chi connectivity index (χ0v) is 8.34. The molecule has 1 aliphatic heterocycles. The highest BCUT2D eigenvalue weighted by Gasteiger charge is 2.29. The molecule has 1 heterocycles. The lowest BCUT2D eigenvalue weighted by atomic mass is 10.4. The number of halogens is 3. The van der Waals surface area contributed by atoms with Gasteiger partial charge in [-0.25, -0.2) is 0 Å². The second-order valence-corrected chi connectivity index (χ2v) is 3.20. The highest BCUT2D eigenvalue weighted by atomic mass is 19.4. The molecule has 0 aromatic heterocycles. The third-order valence-electron chi connectivity index (χ3n) is 2.03. The summed E-state index contributed by atoms with van der Waals surface area (Å²) in [7, 11) is 0. The van der Waals surface area contributed by atoms with E-state index in [9.17, 15) is 22.8 Å². The van der Waals surface area contributed by atoms with Crippen LogP contribution in [0.15, 0.2) is 0 Å². The average molecular weight is 240 g/mol. The normalized spacial score (nSPS) is 18.3. The van der Waals surface area contributed by atoms with E-state index in [-0.39, 0.29) is 32.0 Å². The van der Waals surface area contributed by atoms with E-state index in [2.05, 4.69) is 10.1 Å². The minimum Gasteiger partial charge on any atom is -0.347 e. The van der Waals surface area contributed by atoms with Gasteiger partial charge in [-0.15, -0.1) is 13.2 Å². The van der Waals surface area contributed by atoms with Crippen molar-refractivity contribution < 1.29 is 27.5 Å². The first-order valence-electron chi connectivity index (χ1n) is 4.63. The Bertz CT molecular complexity index is 280. The highest BCUT2D eigenvalue weighted by Crippen LogP contribution is 2.15. The van der Waals surface area contributed by atoms with Gasteiger partial charge in [0.1, 0.15) is 0 Å². The van der Waals surface area contributed by atoms with Gasteiger partial charge in [0.25, 0.3) is 0 Å². The van der Waals surface area contributed by atoms with Crippen LogP contribution in [0.25, 0.3) is 0 Å². The van der Waals surface area contributed by atoms with Crippen molar-refractivity contribution in [2.24, 2.45) is 0 Å². The van der Waals surface area contributed by atoms with Gasteiger partial charge in [0.15, 0.2) is 0 Å². The van der Waals surface area contributed by atoms with Gasteiger partial charge in [-0.1, -0.05) is 0 Å². The van der Waals surface area contributed by atoms with Crippen molar-refractivity contribution in [2.75, 3.05) is 26.2 Å². The molecule has 5 nitrogen and oxygen atoms in total. The van der Waals surface area contributed by atoms with Gasteiger partial charge in [0.05, 0.1) is 13.2 Å². The van der Waals surface area contributed by atoms with Crippen LogP contribution < -0.4 is 5.32 Å². The Labute approximate surface area is 89.5 Å². The fraction of sp³-hybridized carbons (Fsp3) is 0.750. The molecule has 1 N–H and O–H groups in total. The lowest BCUT2D eigenvalue weighted by molar-refractivity contribution is -0.324. The number of nitrogens with one attached hydrogen (secondary N) is 1. The number of carbonyl (C=O) groups is 2. The lowest BCUT2D eigenvalue weighted by Crippen LogP contribution is -2.38. The summed E-state index contributed by atoms with van der Waals surface area (Å²) in [5.41, 5.74) is 0. The molecule has 0 radical (unpaired) electrons. The number of nitrogens with zero attached hydrogens (tertiary/aromatic N) is 1. The summed E-state index contributed by atoms with van der Waals surface area (Å²) in [6, 6.07) is 0. The Morgan fingerprint density at radius 3 is 2.69 bits per heavy atom. The third-order valence-corrected chi connectivity index (χ3v) is 2.03. The van der Waals surface area contributed by atoms with Crippen LogP contribution in [-0.4, -0.2) is 49.3 Å². The number of alkyl halides is 3. The van der Waals surface area contributed by atoms with Crippen molar-refractivity contribution >= 4 is 11.8 Å². The summed E-state index contributed by atoms with van der Waals surface area (Å²) in [6.45, 7) is -0.854. The molecule has 16 heavy (non-hydrogen) atoms. The predicted octanol–water partition coefficient (Wildman–Crippen LogP) is -0.129. The first-order valence-corrected chi connectivity index (χ1v) is 4.63. The van der Waals surface area contributed by atoms with E-state index in [4.69, 9.17) is 0 Å². The van der Waals surface area contributed by atoms with E-state index in [1.807, 2.05) is 0 Å². The Kier molecular flexibility index (Phi) is 4.11. The summed E-state index contributed by atoms with van der Waals surface area (Å²) in [4.78, 5) is 23.4. The number of ether oxygens (including phenoxy) is 1. The summed E-state index contributed by atoms with van der Waals surface area (Å²) in [5, 5.41) is 2.34. The monoisotopic (exact) mass is 240 g/mol. The van der Waals surface area contributed by atoms with Gasteiger partial charge in [-0.05, 0) is 0 Å². The Morgan fingerprint density at radius 2 is 2.06 bits per heavy atom. The molecule has 92 valence electrons. The lowest BCUT2D eigenvalue weighted by Gasteiger charge is -2.19. The first kappa shape index (κ1) is 12.8. The molecular weight excluding hydrogens is 229 g/mol. The number of rotatable bonds is 3.